The molecule has 0 bridgehead atoms. The summed E-state index contributed by atoms with van der Waals surface area (Å²) in [6, 6.07) is 29.0. The number of aliphatic hydroxyl groups is 1. The smallest absolute Gasteiger partial charge is 0.245 e. The van der Waals surface area contributed by atoms with Crippen LogP contribution >= 0.6 is 11.8 Å². The maximum atomic E-state index is 12.7. The van der Waals surface area contributed by atoms with Crippen LogP contribution in [0, 0.1) is 0 Å². The van der Waals surface area contributed by atoms with Crippen LogP contribution in [-0.4, -0.2) is 40.9 Å². The van der Waals surface area contributed by atoms with Crippen molar-refractivity contribution >= 4 is 23.6 Å². The highest BCUT2D eigenvalue weighted by molar-refractivity contribution is 8.00. The van der Waals surface area contributed by atoms with Crippen molar-refractivity contribution < 1.29 is 14.7 Å². The first-order valence-electron chi connectivity index (χ1n) is 10.6. The van der Waals surface area contributed by atoms with Gasteiger partial charge in [0.2, 0.25) is 11.8 Å². The van der Waals surface area contributed by atoms with E-state index >= 15 is 0 Å². The number of hydrogen-bond acceptors (Lipinski definition) is 4. The zero-order valence-electron chi connectivity index (χ0n) is 17.8. The number of nitrogens with one attached hydrogen (secondary N) is 2. The molecule has 0 aromatic heterocycles. The predicted molar refractivity (Wildman–Crippen MR) is 127 cm³/mol. The molecule has 2 amide bonds. The second-order valence-corrected chi connectivity index (χ2v) is 9.11. The maximum Gasteiger partial charge on any atom is 0.245 e. The van der Waals surface area contributed by atoms with E-state index in [1.165, 1.54) is 6.92 Å². The average molecular weight is 447 g/mol. The van der Waals surface area contributed by atoms with Gasteiger partial charge in [0.15, 0.2) is 0 Å². The van der Waals surface area contributed by atoms with Crippen molar-refractivity contribution in [2.75, 3.05) is 5.75 Å². The first-order chi connectivity index (χ1) is 15.5. The summed E-state index contributed by atoms with van der Waals surface area (Å²) < 4.78 is -0.574. The van der Waals surface area contributed by atoms with Crippen LogP contribution in [0.1, 0.15) is 23.6 Å². The number of rotatable bonds is 7. The number of amides is 2. The number of carbonyl (C=O) groups is 2. The zero-order chi connectivity index (χ0) is 22.6. The zero-order valence-corrected chi connectivity index (χ0v) is 18.6. The molecule has 1 aliphatic rings. The van der Waals surface area contributed by atoms with E-state index in [1.807, 2.05) is 54.6 Å². The Morgan fingerprint density at radius 2 is 1.22 bits per heavy atom. The molecule has 0 saturated carbocycles. The van der Waals surface area contributed by atoms with Gasteiger partial charge in [0.05, 0.1) is 10.9 Å². The van der Waals surface area contributed by atoms with Crippen LogP contribution in [0.3, 0.4) is 0 Å². The average Bonchev–Trinajstić information content (AvgIpc) is 2.83. The van der Waals surface area contributed by atoms with Gasteiger partial charge in [-0.3, -0.25) is 9.59 Å². The minimum absolute atomic E-state index is 0.286. The van der Waals surface area contributed by atoms with Crippen molar-refractivity contribution in [3.63, 3.8) is 0 Å². The van der Waals surface area contributed by atoms with Crippen molar-refractivity contribution in [1.29, 1.82) is 0 Å². The second-order valence-electron chi connectivity index (χ2n) is 7.88. The molecule has 4 rings (SSSR count). The van der Waals surface area contributed by atoms with Gasteiger partial charge >= 0.3 is 0 Å². The van der Waals surface area contributed by atoms with E-state index in [2.05, 4.69) is 47.0 Å². The van der Waals surface area contributed by atoms with Crippen LogP contribution in [0.5, 0.6) is 0 Å². The highest BCUT2D eigenvalue weighted by Crippen LogP contribution is 2.48. The lowest BCUT2D eigenvalue weighted by atomic mass is 9.84. The number of piperazine rings is 1. The Morgan fingerprint density at radius 3 is 1.62 bits per heavy atom. The van der Waals surface area contributed by atoms with Gasteiger partial charge in [-0.15, -0.1) is 11.8 Å². The van der Waals surface area contributed by atoms with E-state index in [0.29, 0.717) is 5.75 Å². The number of benzene rings is 3. The predicted octanol–water partition coefficient (Wildman–Crippen LogP) is 3.08. The molecule has 1 fully saturated rings. The largest absolute Gasteiger partial charge is 0.391 e. The van der Waals surface area contributed by atoms with Crippen molar-refractivity contribution in [1.82, 2.24) is 10.6 Å². The summed E-state index contributed by atoms with van der Waals surface area (Å²) in [5, 5.41) is 15.2. The summed E-state index contributed by atoms with van der Waals surface area (Å²) in [7, 11) is 0. The molecule has 3 unspecified atom stereocenters. The number of thioether (sulfide) groups is 1. The fourth-order valence-corrected chi connectivity index (χ4v) is 5.64. The first kappa shape index (κ1) is 22.1. The molecular weight excluding hydrogens is 420 g/mol. The molecule has 3 aromatic carbocycles. The van der Waals surface area contributed by atoms with Gasteiger partial charge in [-0.1, -0.05) is 91.0 Å². The molecule has 3 atom stereocenters. The minimum atomic E-state index is -0.954. The highest BCUT2D eigenvalue weighted by Gasteiger charge is 2.41. The lowest BCUT2D eigenvalue weighted by Crippen LogP contribution is -2.65. The number of aliphatic hydroxyl groups excluding tert-OH is 1. The molecule has 0 spiro atoms. The Balaban J connectivity index is 1.74. The normalized spacial score (nSPS) is 19.7. The monoisotopic (exact) mass is 446 g/mol. The molecular formula is C26H26N2O3S. The SMILES string of the molecule is CC(O)C1NC(=O)C(CSC(c2ccccc2)(c2ccccc2)c2ccccc2)NC1=O. The van der Waals surface area contributed by atoms with Gasteiger partial charge in [0, 0.05) is 5.75 Å². The third-order valence-electron chi connectivity index (χ3n) is 5.70. The van der Waals surface area contributed by atoms with Crippen molar-refractivity contribution in [2.45, 2.75) is 29.9 Å². The fraction of sp³-hybridized carbons (Fsp3) is 0.231. The van der Waals surface area contributed by atoms with E-state index in [0.717, 1.165) is 16.7 Å². The standard InChI is InChI=1S/C26H26N2O3S/c1-18(29)23-25(31)27-22(24(30)28-23)17-32-26(19-11-5-2-6-12-19,20-13-7-3-8-14-20)21-15-9-4-10-16-21/h2-16,18,22-23,29H,17H2,1H3,(H,27,31)(H,28,30). The van der Waals surface area contributed by atoms with E-state index in [-0.39, 0.29) is 11.8 Å². The Kier molecular flexibility index (Phi) is 6.63. The van der Waals surface area contributed by atoms with E-state index in [4.69, 9.17) is 0 Å². The van der Waals surface area contributed by atoms with Crippen molar-refractivity contribution in [2.24, 2.45) is 0 Å². The summed E-state index contributed by atoms with van der Waals surface area (Å²) >= 11 is 1.61. The summed E-state index contributed by atoms with van der Waals surface area (Å²) in [4.78, 5) is 25.2. The van der Waals surface area contributed by atoms with Gasteiger partial charge in [0.1, 0.15) is 12.1 Å². The number of carbonyl (C=O) groups excluding carboxylic acids is 2. The molecule has 0 aliphatic carbocycles. The van der Waals surface area contributed by atoms with Crippen LogP contribution in [0.4, 0.5) is 0 Å². The van der Waals surface area contributed by atoms with Gasteiger partial charge in [-0.05, 0) is 23.6 Å². The Bertz CT molecular complexity index is 962. The molecule has 1 heterocycles. The molecule has 3 aromatic rings. The fourth-order valence-electron chi connectivity index (χ4n) is 4.08. The minimum Gasteiger partial charge on any atom is -0.391 e. The van der Waals surface area contributed by atoms with Gasteiger partial charge in [-0.25, -0.2) is 0 Å². The lowest BCUT2D eigenvalue weighted by molar-refractivity contribution is -0.138. The molecule has 1 saturated heterocycles. The van der Waals surface area contributed by atoms with Crippen LogP contribution in [-0.2, 0) is 14.3 Å². The molecule has 3 N–H and O–H groups in total. The van der Waals surface area contributed by atoms with Crippen molar-refractivity contribution in [3.8, 4) is 0 Å². The molecule has 6 heteroatoms. The van der Waals surface area contributed by atoms with Crippen LogP contribution < -0.4 is 10.6 Å². The topological polar surface area (TPSA) is 78.4 Å². The number of hydrogen-bond donors (Lipinski definition) is 3. The van der Waals surface area contributed by atoms with E-state index < -0.39 is 22.9 Å². The van der Waals surface area contributed by atoms with E-state index in [9.17, 15) is 14.7 Å². The third kappa shape index (κ3) is 4.29. The molecule has 5 nitrogen and oxygen atoms in total. The van der Waals surface area contributed by atoms with Gasteiger partial charge < -0.3 is 15.7 Å². The quantitative estimate of drug-likeness (QED) is 0.488. The van der Waals surface area contributed by atoms with Crippen LogP contribution in [0.15, 0.2) is 91.0 Å². The van der Waals surface area contributed by atoms with E-state index in [1.54, 1.807) is 11.8 Å². The third-order valence-corrected chi connectivity index (χ3v) is 7.34. The Hall–Kier alpha value is -3.09. The van der Waals surface area contributed by atoms with Crippen molar-refractivity contribution in [3.05, 3.63) is 108 Å². The van der Waals surface area contributed by atoms with Crippen LogP contribution in [0.25, 0.3) is 0 Å². The summed E-state index contributed by atoms with van der Waals surface area (Å²) in [5.74, 6) is -0.288. The van der Waals surface area contributed by atoms with Gasteiger partial charge in [-0.2, -0.15) is 0 Å². The van der Waals surface area contributed by atoms with Crippen LogP contribution in [0.2, 0.25) is 0 Å². The molecule has 32 heavy (non-hydrogen) atoms. The molecule has 0 radical (unpaired) electrons. The Morgan fingerprint density at radius 1 is 0.781 bits per heavy atom. The first-order valence-corrected chi connectivity index (χ1v) is 11.6. The molecule has 164 valence electrons. The summed E-state index contributed by atoms with van der Waals surface area (Å²) in [5.41, 5.74) is 3.27. The highest BCUT2D eigenvalue weighted by atomic mass is 32.2. The summed E-state index contributed by atoms with van der Waals surface area (Å²) in [6.45, 7) is 1.49. The lowest BCUT2D eigenvalue weighted by Gasteiger charge is -2.37. The summed E-state index contributed by atoms with van der Waals surface area (Å²) in [6.07, 6.45) is -0.954. The van der Waals surface area contributed by atoms with Gasteiger partial charge in [0.25, 0.3) is 0 Å². The molecule has 1 aliphatic heterocycles. The Labute approximate surface area is 192 Å². The second kappa shape index (κ2) is 9.59. The maximum absolute atomic E-state index is 12.7.